The Kier molecular flexibility index (Phi) is 2.26. The predicted molar refractivity (Wildman–Crippen MR) is 80.6 cm³/mol. The summed E-state index contributed by atoms with van der Waals surface area (Å²) in [4.78, 5) is 15.8. The van der Waals surface area contributed by atoms with Crippen molar-refractivity contribution in [3.05, 3.63) is 16.7 Å². The third-order valence-corrected chi connectivity index (χ3v) is 3.59. The SMILES string of the molecule is [2H]C([2H])([2H])C([2H])([2H])Nc1ncc(Br)c2cc(NC(=O)C3CC3)nnc12. The van der Waals surface area contributed by atoms with Gasteiger partial charge in [-0.05, 0) is 41.7 Å². The first-order valence-electron chi connectivity index (χ1n) is 8.49. The van der Waals surface area contributed by atoms with Gasteiger partial charge in [0.25, 0.3) is 0 Å². The fraction of sp³-hybridized carbons (Fsp3) is 0.385. The van der Waals surface area contributed by atoms with Crippen LogP contribution in [-0.4, -0.2) is 27.6 Å². The number of carbonyl (C=O) groups is 1. The summed E-state index contributed by atoms with van der Waals surface area (Å²) in [6.45, 7) is -5.58. The molecule has 0 aliphatic heterocycles. The van der Waals surface area contributed by atoms with Crippen LogP contribution in [0.2, 0.25) is 0 Å². The zero-order chi connectivity index (χ0) is 18.4. The van der Waals surface area contributed by atoms with Crippen molar-refractivity contribution in [2.45, 2.75) is 19.7 Å². The van der Waals surface area contributed by atoms with Gasteiger partial charge in [-0.15, -0.1) is 10.2 Å². The second kappa shape index (κ2) is 5.32. The van der Waals surface area contributed by atoms with Crippen LogP contribution in [0.15, 0.2) is 16.7 Å². The molecule has 1 aliphatic carbocycles. The molecule has 0 aromatic carbocycles. The molecule has 2 heterocycles. The van der Waals surface area contributed by atoms with E-state index >= 15 is 0 Å². The van der Waals surface area contributed by atoms with E-state index in [1.54, 1.807) is 6.07 Å². The molecule has 0 atom stereocenters. The standard InChI is InChI=1S/C13H14BrN5O/c1-2-15-12-11-8(9(14)6-16-12)5-10(18-19-11)17-13(20)7-3-4-7/h5-7H,2-4H2,1H3,(H,15,16)(H,17,18,20)/i1D3,2D2. The molecular weight excluding hydrogens is 322 g/mol. The molecule has 1 aliphatic rings. The van der Waals surface area contributed by atoms with Crippen molar-refractivity contribution in [3.8, 4) is 0 Å². The molecule has 0 bridgehead atoms. The first-order chi connectivity index (χ1) is 11.6. The molecule has 1 amide bonds. The van der Waals surface area contributed by atoms with Crippen LogP contribution in [0.4, 0.5) is 11.6 Å². The number of halogens is 1. The Bertz CT molecular complexity index is 839. The van der Waals surface area contributed by atoms with Crippen LogP contribution < -0.4 is 10.6 Å². The molecule has 6 nitrogen and oxygen atoms in total. The molecule has 2 aromatic rings. The summed E-state index contributed by atoms with van der Waals surface area (Å²) in [7, 11) is 0. The molecule has 2 aromatic heterocycles. The zero-order valence-electron chi connectivity index (χ0n) is 15.3. The maximum absolute atomic E-state index is 11.8. The van der Waals surface area contributed by atoms with Crippen molar-refractivity contribution in [2.24, 2.45) is 5.92 Å². The second-order valence-electron chi connectivity index (χ2n) is 4.46. The van der Waals surface area contributed by atoms with Gasteiger partial charge in [-0.3, -0.25) is 4.79 Å². The summed E-state index contributed by atoms with van der Waals surface area (Å²) in [5.41, 5.74) is 0.187. The molecule has 3 rings (SSSR count). The Morgan fingerprint density at radius 3 is 3.20 bits per heavy atom. The van der Waals surface area contributed by atoms with E-state index in [1.807, 2.05) is 0 Å². The quantitative estimate of drug-likeness (QED) is 0.893. The highest BCUT2D eigenvalue weighted by molar-refractivity contribution is 9.10. The van der Waals surface area contributed by atoms with E-state index in [9.17, 15) is 4.79 Å². The summed E-state index contributed by atoms with van der Waals surface area (Å²) in [5.74, 6) is 0.117. The van der Waals surface area contributed by atoms with Gasteiger partial charge < -0.3 is 10.6 Å². The van der Waals surface area contributed by atoms with E-state index in [0.29, 0.717) is 9.86 Å². The van der Waals surface area contributed by atoms with Crippen LogP contribution in [0.5, 0.6) is 0 Å². The average molecular weight is 341 g/mol. The van der Waals surface area contributed by atoms with Gasteiger partial charge in [-0.1, -0.05) is 0 Å². The lowest BCUT2D eigenvalue weighted by Gasteiger charge is -2.08. The van der Waals surface area contributed by atoms with Crippen LogP contribution in [0, 0.1) is 5.92 Å². The molecule has 2 N–H and O–H groups in total. The Balaban J connectivity index is 1.95. The molecule has 1 fully saturated rings. The monoisotopic (exact) mass is 340 g/mol. The second-order valence-corrected chi connectivity index (χ2v) is 5.31. The number of anilines is 2. The van der Waals surface area contributed by atoms with Crippen molar-refractivity contribution < 1.29 is 11.6 Å². The summed E-state index contributed by atoms with van der Waals surface area (Å²) < 4.78 is 37.7. The third kappa shape index (κ3) is 2.58. The number of amides is 1. The molecule has 0 radical (unpaired) electrons. The van der Waals surface area contributed by atoms with E-state index in [-0.39, 0.29) is 29.0 Å². The molecule has 7 heteroatoms. The number of nitrogens with one attached hydrogen (secondary N) is 2. The van der Waals surface area contributed by atoms with E-state index in [2.05, 4.69) is 41.7 Å². The summed E-state index contributed by atoms with van der Waals surface area (Å²) in [6, 6.07) is 1.57. The highest BCUT2D eigenvalue weighted by atomic mass is 79.9. The van der Waals surface area contributed by atoms with Crippen LogP contribution in [0.3, 0.4) is 0 Å². The number of carbonyl (C=O) groups excluding carboxylic acids is 1. The van der Waals surface area contributed by atoms with Crippen molar-refractivity contribution in [1.82, 2.24) is 15.2 Å². The average Bonchev–Trinajstić information content (AvgIpc) is 3.34. The van der Waals surface area contributed by atoms with Gasteiger partial charge in [-0.25, -0.2) is 4.98 Å². The minimum absolute atomic E-state index is 0.0159. The molecule has 0 spiro atoms. The summed E-state index contributed by atoms with van der Waals surface area (Å²) in [5, 5.41) is 13.3. The van der Waals surface area contributed by atoms with E-state index < -0.39 is 13.3 Å². The maximum atomic E-state index is 11.8. The topological polar surface area (TPSA) is 79.8 Å². The van der Waals surface area contributed by atoms with Gasteiger partial charge in [0.05, 0.1) is 0 Å². The molecule has 1 saturated carbocycles. The molecule has 0 saturated heterocycles. The predicted octanol–water partition coefficient (Wildman–Crippen LogP) is 2.57. The van der Waals surface area contributed by atoms with Gasteiger partial charge in [0, 0.05) is 35.3 Å². The molecule has 104 valence electrons. The number of hydrogen-bond acceptors (Lipinski definition) is 5. The fourth-order valence-corrected chi connectivity index (χ4v) is 2.19. The summed E-state index contributed by atoms with van der Waals surface area (Å²) in [6.07, 6.45) is 3.12. The van der Waals surface area contributed by atoms with Crippen molar-refractivity contribution >= 4 is 44.4 Å². The van der Waals surface area contributed by atoms with Gasteiger partial charge in [0.15, 0.2) is 11.6 Å². The molecule has 0 unspecified atom stereocenters. The largest absolute Gasteiger partial charge is 0.368 e. The zero-order valence-corrected chi connectivity index (χ0v) is 11.9. The number of pyridine rings is 1. The lowest BCUT2D eigenvalue weighted by molar-refractivity contribution is -0.117. The Hall–Kier alpha value is -1.76. The van der Waals surface area contributed by atoms with E-state index in [1.165, 1.54) is 6.20 Å². The van der Waals surface area contributed by atoms with Gasteiger partial charge >= 0.3 is 0 Å². The molecular formula is C13H14BrN5O. The van der Waals surface area contributed by atoms with Gasteiger partial charge in [0.2, 0.25) is 5.91 Å². The third-order valence-electron chi connectivity index (χ3n) is 2.96. The Morgan fingerprint density at radius 1 is 1.60 bits per heavy atom. The highest BCUT2D eigenvalue weighted by Crippen LogP contribution is 2.31. The first-order valence-corrected chi connectivity index (χ1v) is 6.79. The van der Waals surface area contributed by atoms with Crippen molar-refractivity contribution in [1.29, 1.82) is 0 Å². The normalized spacial score (nSPS) is 19.4. The van der Waals surface area contributed by atoms with Crippen LogP contribution in [-0.2, 0) is 4.79 Å². The lowest BCUT2D eigenvalue weighted by Crippen LogP contribution is -2.15. The molecule has 20 heavy (non-hydrogen) atoms. The minimum Gasteiger partial charge on any atom is -0.368 e. The van der Waals surface area contributed by atoms with Crippen molar-refractivity contribution in [2.75, 3.05) is 17.1 Å². The van der Waals surface area contributed by atoms with Crippen LogP contribution >= 0.6 is 15.9 Å². The maximum Gasteiger partial charge on any atom is 0.228 e. The number of hydrogen-bond donors (Lipinski definition) is 2. The van der Waals surface area contributed by atoms with Crippen LogP contribution in [0.1, 0.15) is 26.5 Å². The van der Waals surface area contributed by atoms with E-state index in [0.717, 1.165) is 12.8 Å². The Labute approximate surface area is 131 Å². The Morgan fingerprint density at radius 2 is 2.45 bits per heavy atom. The van der Waals surface area contributed by atoms with Gasteiger partial charge in [-0.2, -0.15) is 0 Å². The van der Waals surface area contributed by atoms with Crippen LogP contribution in [0.25, 0.3) is 10.9 Å². The van der Waals surface area contributed by atoms with Crippen molar-refractivity contribution in [3.63, 3.8) is 0 Å². The minimum atomic E-state index is -2.89. The first kappa shape index (κ1) is 8.51. The highest BCUT2D eigenvalue weighted by Gasteiger charge is 2.29. The van der Waals surface area contributed by atoms with Gasteiger partial charge in [0.1, 0.15) is 5.52 Å². The number of fused-ring (bicyclic) bond motifs is 1. The number of aromatic nitrogens is 3. The fourth-order valence-electron chi connectivity index (χ4n) is 1.79. The summed E-state index contributed by atoms with van der Waals surface area (Å²) >= 11 is 3.32. The van der Waals surface area contributed by atoms with E-state index in [4.69, 9.17) is 6.85 Å². The lowest BCUT2D eigenvalue weighted by atomic mass is 10.2. The number of rotatable bonds is 4. The smallest absolute Gasteiger partial charge is 0.228 e. The number of nitrogens with zero attached hydrogens (tertiary/aromatic N) is 3.